The van der Waals surface area contributed by atoms with Gasteiger partial charge in [0.2, 0.25) is 0 Å². The lowest BCUT2D eigenvalue weighted by molar-refractivity contribution is 0.0917. The van der Waals surface area contributed by atoms with Crippen LogP contribution in [0.25, 0.3) is 0 Å². The highest BCUT2D eigenvalue weighted by atomic mass is 35.5. The molecule has 2 rings (SSSR count). The van der Waals surface area contributed by atoms with Crippen LogP contribution in [0.15, 0.2) is 30.3 Å². The maximum Gasteiger partial charge on any atom is 0.251 e. The normalized spacial score (nSPS) is 12.0. The maximum absolute atomic E-state index is 12.0. The lowest BCUT2D eigenvalue weighted by Crippen LogP contribution is -2.28. The molecule has 1 aromatic heterocycles. The molecule has 112 valence electrons. The van der Waals surface area contributed by atoms with Gasteiger partial charge >= 0.3 is 0 Å². The van der Waals surface area contributed by atoms with Gasteiger partial charge in [-0.1, -0.05) is 23.2 Å². The first kappa shape index (κ1) is 16.1. The van der Waals surface area contributed by atoms with Crippen molar-refractivity contribution in [2.24, 2.45) is 0 Å². The molecule has 1 unspecified atom stereocenters. The van der Waals surface area contributed by atoms with Crippen molar-refractivity contribution in [2.45, 2.75) is 6.10 Å². The highest BCUT2D eigenvalue weighted by Gasteiger charge is 2.14. The molecular weight excluding hydrogens is 333 g/mol. The number of hydrogen-bond acceptors (Lipinski definition) is 4. The first-order valence-electron chi connectivity index (χ1n) is 6.06. The fourth-order valence-corrected chi connectivity index (χ4v) is 2.94. The number of amides is 1. The SMILES string of the molecule is COc1cc(C(=O)NCC(O)c2ccc(Cl)s2)ccc1Cl. The second-order valence-electron chi connectivity index (χ2n) is 4.22. The summed E-state index contributed by atoms with van der Waals surface area (Å²) in [4.78, 5) is 12.7. The summed E-state index contributed by atoms with van der Waals surface area (Å²) in [5.74, 6) is 0.113. The van der Waals surface area contributed by atoms with E-state index >= 15 is 0 Å². The highest BCUT2D eigenvalue weighted by Crippen LogP contribution is 2.27. The molecule has 0 bridgehead atoms. The lowest BCUT2D eigenvalue weighted by atomic mass is 10.2. The minimum atomic E-state index is -0.791. The van der Waals surface area contributed by atoms with E-state index in [1.165, 1.54) is 18.4 Å². The van der Waals surface area contributed by atoms with Crippen LogP contribution < -0.4 is 10.1 Å². The van der Waals surface area contributed by atoms with E-state index in [0.717, 1.165) is 0 Å². The third-order valence-electron chi connectivity index (χ3n) is 2.79. The molecule has 0 radical (unpaired) electrons. The van der Waals surface area contributed by atoms with E-state index in [2.05, 4.69) is 5.32 Å². The number of methoxy groups -OCH3 is 1. The number of hydrogen-bond donors (Lipinski definition) is 2. The van der Waals surface area contributed by atoms with E-state index in [0.29, 0.717) is 25.5 Å². The van der Waals surface area contributed by atoms with Gasteiger partial charge in [0.15, 0.2) is 0 Å². The van der Waals surface area contributed by atoms with Crippen molar-refractivity contribution in [2.75, 3.05) is 13.7 Å². The quantitative estimate of drug-likeness (QED) is 0.871. The van der Waals surface area contributed by atoms with Crippen molar-refractivity contribution < 1.29 is 14.6 Å². The summed E-state index contributed by atoms with van der Waals surface area (Å²) in [6.45, 7) is 0.0978. The molecule has 0 spiro atoms. The molecule has 1 atom stereocenters. The average molecular weight is 346 g/mol. The van der Waals surface area contributed by atoms with Crippen molar-refractivity contribution in [1.82, 2.24) is 5.32 Å². The Balaban J connectivity index is 1.98. The molecular formula is C14H13Cl2NO3S. The van der Waals surface area contributed by atoms with Crippen LogP contribution in [-0.2, 0) is 0 Å². The molecule has 2 N–H and O–H groups in total. The van der Waals surface area contributed by atoms with Crippen LogP contribution in [-0.4, -0.2) is 24.7 Å². The Morgan fingerprint density at radius 2 is 2.14 bits per heavy atom. The Morgan fingerprint density at radius 3 is 2.76 bits per heavy atom. The number of aliphatic hydroxyl groups is 1. The summed E-state index contributed by atoms with van der Waals surface area (Å²) in [5.41, 5.74) is 0.410. The minimum Gasteiger partial charge on any atom is -0.495 e. The van der Waals surface area contributed by atoms with Crippen molar-refractivity contribution >= 4 is 40.4 Å². The minimum absolute atomic E-state index is 0.0978. The maximum atomic E-state index is 12.0. The molecule has 0 aliphatic heterocycles. The number of rotatable bonds is 5. The number of thiophene rings is 1. The Hall–Kier alpha value is -1.27. The van der Waals surface area contributed by atoms with Crippen LogP contribution in [0.3, 0.4) is 0 Å². The molecule has 1 heterocycles. The fraction of sp³-hybridized carbons (Fsp3) is 0.214. The zero-order valence-corrected chi connectivity index (χ0v) is 13.4. The van der Waals surface area contributed by atoms with Crippen LogP contribution in [0.2, 0.25) is 9.36 Å². The molecule has 1 amide bonds. The van der Waals surface area contributed by atoms with Gasteiger partial charge in [-0.2, -0.15) is 0 Å². The molecule has 0 aliphatic rings. The van der Waals surface area contributed by atoms with Gasteiger partial charge in [-0.05, 0) is 30.3 Å². The smallest absolute Gasteiger partial charge is 0.251 e. The third kappa shape index (κ3) is 4.11. The monoisotopic (exact) mass is 345 g/mol. The Morgan fingerprint density at radius 1 is 1.38 bits per heavy atom. The zero-order valence-electron chi connectivity index (χ0n) is 11.1. The largest absolute Gasteiger partial charge is 0.495 e. The number of ether oxygens (including phenoxy) is 1. The van der Waals surface area contributed by atoms with E-state index in [4.69, 9.17) is 27.9 Å². The van der Waals surface area contributed by atoms with E-state index in [-0.39, 0.29) is 12.5 Å². The summed E-state index contributed by atoms with van der Waals surface area (Å²) < 4.78 is 5.65. The second kappa shape index (κ2) is 7.13. The van der Waals surface area contributed by atoms with Crippen LogP contribution in [0.4, 0.5) is 0 Å². The molecule has 2 aromatic rings. The van der Waals surface area contributed by atoms with Gasteiger partial charge in [-0.15, -0.1) is 11.3 Å². The molecule has 0 saturated heterocycles. The number of carbonyl (C=O) groups is 1. The van der Waals surface area contributed by atoms with Crippen LogP contribution in [0.1, 0.15) is 21.3 Å². The van der Waals surface area contributed by atoms with Gasteiger partial charge < -0.3 is 15.2 Å². The molecule has 0 fully saturated rings. The third-order valence-corrected chi connectivity index (χ3v) is 4.44. The molecule has 0 aliphatic carbocycles. The summed E-state index contributed by atoms with van der Waals surface area (Å²) >= 11 is 13.0. The summed E-state index contributed by atoms with van der Waals surface area (Å²) in [6.07, 6.45) is -0.791. The molecule has 4 nitrogen and oxygen atoms in total. The van der Waals surface area contributed by atoms with Crippen molar-refractivity contribution in [3.8, 4) is 5.75 Å². The van der Waals surface area contributed by atoms with Gasteiger partial charge in [0.25, 0.3) is 5.91 Å². The van der Waals surface area contributed by atoms with Gasteiger partial charge in [-0.25, -0.2) is 0 Å². The van der Waals surface area contributed by atoms with Gasteiger partial charge in [0.05, 0.1) is 16.5 Å². The van der Waals surface area contributed by atoms with Crippen molar-refractivity contribution in [3.05, 3.63) is 50.1 Å². The number of benzene rings is 1. The lowest BCUT2D eigenvalue weighted by Gasteiger charge is -2.11. The van der Waals surface area contributed by atoms with Crippen LogP contribution in [0.5, 0.6) is 5.75 Å². The first-order chi connectivity index (χ1) is 10.0. The summed E-state index contributed by atoms with van der Waals surface area (Å²) in [6, 6.07) is 8.16. The summed E-state index contributed by atoms with van der Waals surface area (Å²) in [5, 5.41) is 13.1. The highest BCUT2D eigenvalue weighted by molar-refractivity contribution is 7.16. The molecule has 1 aromatic carbocycles. The predicted molar refractivity (Wildman–Crippen MR) is 84.6 cm³/mol. The second-order valence-corrected chi connectivity index (χ2v) is 6.37. The fourth-order valence-electron chi connectivity index (χ4n) is 1.70. The molecule has 21 heavy (non-hydrogen) atoms. The summed E-state index contributed by atoms with van der Waals surface area (Å²) in [7, 11) is 1.48. The van der Waals surface area contributed by atoms with E-state index < -0.39 is 6.10 Å². The van der Waals surface area contributed by atoms with Crippen molar-refractivity contribution in [3.63, 3.8) is 0 Å². The van der Waals surface area contributed by atoms with Crippen LogP contribution >= 0.6 is 34.5 Å². The predicted octanol–water partition coefficient (Wildman–Crippen LogP) is 3.53. The van der Waals surface area contributed by atoms with E-state index in [1.807, 2.05) is 0 Å². The van der Waals surface area contributed by atoms with E-state index in [1.54, 1.807) is 30.3 Å². The number of nitrogens with one attached hydrogen (secondary N) is 1. The Kier molecular flexibility index (Phi) is 5.47. The Labute approximate surface area is 136 Å². The first-order valence-corrected chi connectivity index (χ1v) is 7.63. The van der Waals surface area contributed by atoms with Gasteiger partial charge in [-0.3, -0.25) is 4.79 Å². The van der Waals surface area contributed by atoms with Crippen molar-refractivity contribution in [1.29, 1.82) is 0 Å². The molecule has 7 heteroatoms. The number of carbonyl (C=O) groups excluding carboxylic acids is 1. The average Bonchev–Trinajstić information content (AvgIpc) is 2.91. The number of aliphatic hydroxyl groups excluding tert-OH is 1. The van der Waals surface area contributed by atoms with E-state index in [9.17, 15) is 9.90 Å². The van der Waals surface area contributed by atoms with Crippen LogP contribution in [0, 0.1) is 0 Å². The molecule has 0 saturated carbocycles. The van der Waals surface area contributed by atoms with Gasteiger partial charge in [0.1, 0.15) is 11.9 Å². The van der Waals surface area contributed by atoms with Gasteiger partial charge in [0, 0.05) is 17.0 Å². The number of halogens is 2. The standard InChI is InChI=1S/C14H13Cl2NO3S/c1-20-11-6-8(2-3-9(11)15)14(19)17-7-10(18)12-4-5-13(16)21-12/h2-6,10,18H,7H2,1H3,(H,17,19). The topological polar surface area (TPSA) is 58.6 Å². The Bertz CT molecular complexity index is 645. The zero-order chi connectivity index (χ0) is 15.4.